The molecule has 0 radical (unpaired) electrons. The molecule has 0 heterocycles. The number of aryl methyl sites for hydroxylation is 1. The summed E-state index contributed by atoms with van der Waals surface area (Å²) < 4.78 is 4.85. The first-order chi connectivity index (χ1) is 10.4. The first kappa shape index (κ1) is 17.7. The molecule has 1 aromatic carbocycles. The Labute approximate surface area is 132 Å². The molecule has 0 saturated carbocycles. The van der Waals surface area contributed by atoms with Crippen LogP contribution in [0.4, 0.5) is 0 Å². The number of hydrogen-bond donors (Lipinski definition) is 0. The van der Waals surface area contributed by atoms with Crippen LogP contribution in [0.3, 0.4) is 0 Å². The predicted octanol–water partition coefficient (Wildman–Crippen LogP) is 4.04. The maximum atomic E-state index is 11.9. The molecule has 0 aliphatic heterocycles. The van der Waals surface area contributed by atoms with Crippen molar-refractivity contribution in [2.75, 3.05) is 7.11 Å². The van der Waals surface area contributed by atoms with Gasteiger partial charge in [0, 0.05) is 5.56 Å². The fourth-order valence-corrected chi connectivity index (χ4v) is 1.98. The first-order valence-electron chi connectivity index (χ1n) is 7.08. The monoisotopic (exact) mass is 301 g/mol. The smallest absolute Gasteiger partial charge is 0.338 e. The van der Waals surface area contributed by atoms with Gasteiger partial charge in [0.15, 0.2) is 0 Å². The van der Waals surface area contributed by atoms with Crippen LogP contribution < -0.4 is 0 Å². The van der Waals surface area contributed by atoms with Crippen molar-refractivity contribution in [3.63, 3.8) is 0 Å². The Bertz CT molecular complexity index is 627. The summed E-state index contributed by atoms with van der Waals surface area (Å²) in [4.78, 5) is 17.3. The van der Waals surface area contributed by atoms with E-state index in [1.807, 2.05) is 45.9 Å². The number of esters is 1. The van der Waals surface area contributed by atoms with E-state index in [9.17, 15) is 4.79 Å². The summed E-state index contributed by atoms with van der Waals surface area (Å²) in [7, 11) is 1.38. The highest BCUT2D eigenvalue weighted by Gasteiger charge is 2.17. The van der Waals surface area contributed by atoms with E-state index in [-0.39, 0.29) is 12.6 Å². The Kier molecular flexibility index (Phi) is 6.57. The quantitative estimate of drug-likeness (QED) is 0.345. The minimum atomic E-state index is -0.361. The molecule has 4 nitrogen and oxygen atoms in total. The van der Waals surface area contributed by atoms with Gasteiger partial charge in [-0.3, -0.25) is 0 Å². The van der Waals surface area contributed by atoms with Crippen molar-refractivity contribution in [1.29, 1.82) is 0 Å². The van der Waals surface area contributed by atoms with E-state index in [1.165, 1.54) is 7.11 Å². The summed E-state index contributed by atoms with van der Waals surface area (Å²) in [6.07, 6.45) is 1.75. The first-order valence-corrected chi connectivity index (χ1v) is 7.08. The van der Waals surface area contributed by atoms with Crippen molar-refractivity contribution in [2.45, 2.75) is 34.3 Å². The Morgan fingerprint density at radius 3 is 2.59 bits per heavy atom. The van der Waals surface area contributed by atoms with Crippen LogP contribution in [0.1, 0.15) is 37.5 Å². The third-order valence-corrected chi connectivity index (χ3v) is 3.36. The zero-order valence-electron chi connectivity index (χ0n) is 13.9. The molecule has 22 heavy (non-hydrogen) atoms. The van der Waals surface area contributed by atoms with Crippen LogP contribution >= 0.6 is 0 Å². The van der Waals surface area contributed by atoms with Crippen LogP contribution in [-0.4, -0.2) is 18.8 Å². The highest BCUT2D eigenvalue weighted by molar-refractivity contribution is 6.17. The van der Waals surface area contributed by atoms with Gasteiger partial charge in [-0.05, 0) is 44.4 Å². The van der Waals surface area contributed by atoms with E-state index >= 15 is 0 Å². The molecular weight excluding hydrogens is 278 g/mol. The summed E-state index contributed by atoms with van der Waals surface area (Å²) in [5.74, 6) is -0.361. The topological polar surface area (TPSA) is 47.9 Å². The van der Waals surface area contributed by atoms with E-state index < -0.39 is 0 Å². The number of ether oxygens (including phenoxy) is 1. The molecule has 0 saturated heterocycles. The lowest BCUT2D eigenvalue weighted by atomic mass is 9.95. The van der Waals surface area contributed by atoms with Crippen molar-refractivity contribution in [2.24, 2.45) is 5.16 Å². The third-order valence-electron chi connectivity index (χ3n) is 3.36. The van der Waals surface area contributed by atoms with Gasteiger partial charge in [-0.2, -0.15) is 0 Å². The van der Waals surface area contributed by atoms with E-state index in [0.717, 1.165) is 28.0 Å². The molecular formula is C18H23NO3. The molecule has 1 rings (SSSR count). The minimum absolute atomic E-state index is 0.274. The molecule has 118 valence electrons. The number of hydrogen-bond acceptors (Lipinski definition) is 4. The predicted molar refractivity (Wildman–Crippen MR) is 89.6 cm³/mol. The second kappa shape index (κ2) is 8.17. The standard InChI is InChI=1S/C18H23NO3/c1-7-16(18(20)21-6)17-13(4)9-8-10-15(17)11-22-19-14(5)12(2)3/h7-10H,2,11H2,1,3-6H3/b16-7+,19-14-. The third kappa shape index (κ3) is 4.32. The Balaban J connectivity index is 3.12. The second-order valence-corrected chi connectivity index (χ2v) is 5.03. The maximum absolute atomic E-state index is 11.9. The van der Waals surface area contributed by atoms with E-state index in [2.05, 4.69) is 11.7 Å². The number of benzene rings is 1. The number of rotatable bonds is 6. The van der Waals surface area contributed by atoms with Crippen molar-refractivity contribution >= 4 is 17.3 Å². The average molecular weight is 301 g/mol. The number of nitrogens with zero attached hydrogens (tertiary/aromatic N) is 1. The van der Waals surface area contributed by atoms with E-state index in [1.54, 1.807) is 6.08 Å². The molecule has 0 aromatic heterocycles. The van der Waals surface area contributed by atoms with Crippen LogP contribution in [0.25, 0.3) is 5.57 Å². The van der Waals surface area contributed by atoms with Crippen molar-refractivity contribution in [1.82, 2.24) is 0 Å². The van der Waals surface area contributed by atoms with Gasteiger partial charge >= 0.3 is 5.97 Å². The molecule has 0 bridgehead atoms. The lowest BCUT2D eigenvalue weighted by Gasteiger charge is -2.14. The summed E-state index contributed by atoms with van der Waals surface area (Å²) >= 11 is 0. The molecule has 0 atom stereocenters. The van der Waals surface area contributed by atoms with Crippen molar-refractivity contribution in [3.05, 3.63) is 53.1 Å². The van der Waals surface area contributed by atoms with Gasteiger partial charge in [0.05, 0.1) is 18.4 Å². The maximum Gasteiger partial charge on any atom is 0.338 e. The lowest BCUT2D eigenvalue weighted by Crippen LogP contribution is -2.08. The van der Waals surface area contributed by atoms with Gasteiger partial charge in [0.25, 0.3) is 0 Å². The largest absolute Gasteiger partial charge is 0.465 e. The molecule has 1 aromatic rings. The zero-order chi connectivity index (χ0) is 16.7. The van der Waals surface area contributed by atoms with Crippen molar-refractivity contribution < 1.29 is 14.4 Å². The highest BCUT2D eigenvalue weighted by atomic mass is 16.6. The summed E-state index contributed by atoms with van der Waals surface area (Å²) in [6.45, 7) is 11.6. The van der Waals surface area contributed by atoms with Gasteiger partial charge < -0.3 is 9.57 Å². The van der Waals surface area contributed by atoms with Crippen LogP contribution in [0.2, 0.25) is 0 Å². The van der Waals surface area contributed by atoms with Gasteiger partial charge in [0.1, 0.15) is 6.61 Å². The molecule has 0 aliphatic rings. The minimum Gasteiger partial charge on any atom is -0.465 e. The number of methoxy groups -OCH3 is 1. The summed E-state index contributed by atoms with van der Waals surface area (Å²) in [5, 5.41) is 4.02. The highest BCUT2D eigenvalue weighted by Crippen LogP contribution is 2.25. The Morgan fingerprint density at radius 1 is 1.36 bits per heavy atom. The number of allylic oxidation sites excluding steroid dienone is 2. The Hall–Kier alpha value is -2.36. The molecule has 0 aliphatic carbocycles. The number of carbonyl (C=O) groups is 1. The van der Waals surface area contributed by atoms with Gasteiger partial charge in [-0.25, -0.2) is 4.79 Å². The van der Waals surface area contributed by atoms with Gasteiger partial charge in [0.2, 0.25) is 0 Å². The fraction of sp³-hybridized carbons (Fsp3) is 0.333. The van der Waals surface area contributed by atoms with Gasteiger partial charge in [-0.15, -0.1) is 0 Å². The van der Waals surface area contributed by atoms with E-state index in [4.69, 9.17) is 9.57 Å². The zero-order valence-corrected chi connectivity index (χ0v) is 13.9. The molecule has 0 spiro atoms. The SMILES string of the molecule is C=C(C)/C(C)=N\OCc1cccc(C)c1/C(=C\C)C(=O)OC. The molecule has 0 amide bonds. The van der Waals surface area contributed by atoms with Gasteiger partial charge in [-0.1, -0.05) is 36.0 Å². The van der Waals surface area contributed by atoms with E-state index in [0.29, 0.717) is 5.57 Å². The molecule has 0 fully saturated rings. The van der Waals surface area contributed by atoms with Crippen LogP contribution in [0.15, 0.2) is 41.6 Å². The van der Waals surface area contributed by atoms with Crippen LogP contribution in [0.5, 0.6) is 0 Å². The summed E-state index contributed by atoms with van der Waals surface area (Å²) in [5.41, 5.74) is 4.83. The average Bonchev–Trinajstić information content (AvgIpc) is 2.49. The van der Waals surface area contributed by atoms with Crippen LogP contribution in [-0.2, 0) is 21.0 Å². The van der Waals surface area contributed by atoms with Crippen LogP contribution in [0, 0.1) is 6.92 Å². The second-order valence-electron chi connectivity index (χ2n) is 5.03. The lowest BCUT2D eigenvalue weighted by molar-refractivity contribution is -0.133. The molecule has 0 unspecified atom stereocenters. The molecule has 4 heteroatoms. The fourth-order valence-electron chi connectivity index (χ4n) is 1.98. The molecule has 0 N–H and O–H groups in total. The van der Waals surface area contributed by atoms with Crippen molar-refractivity contribution in [3.8, 4) is 0 Å². The number of oxime groups is 1. The normalized spacial score (nSPS) is 12.0. The number of carbonyl (C=O) groups excluding carboxylic acids is 1. The Morgan fingerprint density at radius 2 is 2.05 bits per heavy atom. The summed E-state index contributed by atoms with van der Waals surface area (Å²) in [6, 6.07) is 5.80.